The smallest absolute Gasteiger partial charge is 0.190 e. The zero-order chi connectivity index (χ0) is 21.1. The van der Waals surface area contributed by atoms with E-state index in [1.54, 1.807) is 0 Å². The second kappa shape index (κ2) is 13.2. The molecule has 2 rings (SSSR count). The first-order valence-corrected chi connectivity index (χ1v) is 11.9. The molecule has 172 valence electrons. The van der Waals surface area contributed by atoms with Crippen molar-refractivity contribution in [3.8, 4) is 0 Å². The van der Waals surface area contributed by atoms with Crippen LogP contribution in [0.2, 0.25) is 0 Å². The van der Waals surface area contributed by atoms with Gasteiger partial charge in [-0.15, -0.1) is 0 Å². The Morgan fingerprint density at radius 3 is 2.31 bits per heavy atom. The molecule has 2 heterocycles. The van der Waals surface area contributed by atoms with Crippen LogP contribution in [0.15, 0.2) is 0 Å². The molecule has 0 saturated carbocycles. The minimum absolute atomic E-state index is 0.0190. The summed E-state index contributed by atoms with van der Waals surface area (Å²) in [6.07, 6.45) is 11.0. The van der Waals surface area contributed by atoms with Gasteiger partial charge in [-0.25, -0.2) is 0 Å². The normalized spacial score (nSPS) is 28.3. The maximum atomic E-state index is 6.28. The number of hydrogen-bond donors (Lipinski definition) is 1. The van der Waals surface area contributed by atoms with Gasteiger partial charge in [0, 0.05) is 13.2 Å². The average molecular weight is 415 g/mol. The molecule has 2 fully saturated rings. The molecule has 0 aromatic heterocycles. The Bertz CT molecular complexity index is 433. The van der Waals surface area contributed by atoms with E-state index >= 15 is 0 Å². The Labute approximate surface area is 179 Å². The lowest BCUT2D eigenvalue weighted by Gasteiger charge is -2.26. The standard InChI is InChI=1S/C23H46N2O4/c1-6-7-8-9-10-11-12-13-17-26-20-19(18-24-15-14-16-25(4)5)27-22-21(20)28-23(2,3)29-22/h19-22,24H,6-18H2,1-5H3/t19-,20+,21-,22-/m1/s1. The highest BCUT2D eigenvalue weighted by Gasteiger charge is 2.55. The summed E-state index contributed by atoms with van der Waals surface area (Å²) in [6.45, 7) is 9.76. The molecule has 29 heavy (non-hydrogen) atoms. The van der Waals surface area contributed by atoms with Crippen LogP contribution in [0.3, 0.4) is 0 Å². The summed E-state index contributed by atoms with van der Waals surface area (Å²) in [7, 11) is 4.21. The number of nitrogens with zero attached hydrogens (tertiary/aromatic N) is 1. The molecule has 0 aromatic carbocycles. The van der Waals surface area contributed by atoms with E-state index in [1.807, 2.05) is 13.8 Å². The summed E-state index contributed by atoms with van der Waals surface area (Å²) in [6, 6.07) is 0. The van der Waals surface area contributed by atoms with E-state index in [4.69, 9.17) is 18.9 Å². The third kappa shape index (κ3) is 9.19. The number of rotatable bonds is 16. The van der Waals surface area contributed by atoms with E-state index in [9.17, 15) is 0 Å². The zero-order valence-electron chi connectivity index (χ0n) is 19.6. The van der Waals surface area contributed by atoms with Crippen molar-refractivity contribution in [3.05, 3.63) is 0 Å². The van der Waals surface area contributed by atoms with Crippen LogP contribution in [-0.2, 0) is 18.9 Å². The predicted molar refractivity (Wildman–Crippen MR) is 117 cm³/mol. The van der Waals surface area contributed by atoms with Gasteiger partial charge in [-0.3, -0.25) is 0 Å². The van der Waals surface area contributed by atoms with Crippen molar-refractivity contribution in [2.24, 2.45) is 0 Å². The van der Waals surface area contributed by atoms with Crippen LogP contribution in [0, 0.1) is 0 Å². The Morgan fingerprint density at radius 2 is 1.62 bits per heavy atom. The van der Waals surface area contributed by atoms with E-state index in [0.29, 0.717) is 0 Å². The van der Waals surface area contributed by atoms with E-state index in [-0.39, 0.29) is 24.6 Å². The molecule has 2 saturated heterocycles. The predicted octanol–water partition coefficient (Wildman–Crippen LogP) is 3.93. The van der Waals surface area contributed by atoms with Crippen LogP contribution >= 0.6 is 0 Å². The minimum Gasteiger partial charge on any atom is -0.373 e. The van der Waals surface area contributed by atoms with Crippen LogP contribution in [-0.4, -0.2) is 75.6 Å². The molecular weight excluding hydrogens is 368 g/mol. The van der Waals surface area contributed by atoms with E-state index < -0.39 is 5.79 Å². The Balaban J connectivity index is 1.67. The highest BCUT2D eigenvalue weighted by atomic mass is 16.8. The molecular formula is C23H46N2O4. The highest BCUT2D eigenvalue weighted by Crippen LogP contribution is 2.38. The van der Waals surface area contributed by atoms with E-state index in [1.165, 1.54) is 44.9 Å². The summed E-state index contributed by atoms with van der Waals surface area (Å²) >= 11 is 0. The molecule has 0 amide bonds. The SMILES string of the molecule is CCCCCCCCCCO[C@@H]1[C@H]2OC(C)(C)O[C@H]2O[C@@H]1CNCCCN(C)C. The Hall–Kier alpha value is -0.240. The fourth-order valence-electron chi connectivity index (χ4n) is 4.13. The number of fused-ring (bicyclic) bond motifs is 1. The van der Waals surface area contributed by atoms with Gasteiger partial charge in [-0.1, -0.05) is 51.9 Å². The second-order valence-electron chi connectivity index (χ2n) is 9.31. The molecule has 0 aliphatic carbocycles. The number of hydrogen-bond acceptors (Lipinski definition) is 6. The van der Waals surface area contributed by atoms with Gasteiger partial charge in [0.2, 0.25) is 0 Å². The highest BCUT2D eigenvalue weighted by molar-refractivity contribution is 4.95. The first kappa shape index (κ1) is 25.0. The molecule has 2 aliphatic rings. The molecule has 0 aromatic rings. The van der Waals surface area contributed by atoms with Gasteiger partial charge in [-0.2, -0.15) is 0 Å². The number of unbranched alkanes of at least 4 members (excludes halogenated alkanes) is 7. The van der Waals surface area contributed by atoms with E-state index in [2.05, 4.69) is 31.2 Å². The van der Waals surface area contributed by atoms with Gasteiger partial charge in [0.25, 0.3) is 0 Å². The summed E-state index contributed by atoms with van der Waals surface area (Å²) < 4.78 is 24.5. The summed E-state index contributed by atoms with van der Waals surface area (Å²) in [4.78, 5) is 2.21. The second-order valence-corrected chi connectivity index (χ2v) is 9.31. The average Bonchev–Trinajstić information content (AvgIpc) is 3.11. The van der Waals surface area contributed by atoms with Crippen LogP contribution in [0.1, 0.15) is 78.6 Å². The Morgan fingerprint density at radius 1 is 0.931 bits per heavy atom. The first-order valence-electron chi connectivity index (χ1n) is 11.9. The van der Waals surface area contributed by atoms with Crippen LogP contribution in [0.5, 0.6) is 0 Å². The van der Waals surface area contributed by atoms with Gasteiger partial charge in [0.05, 0.1) is 0 Å². The van der Waals surface area contributed by atoms with Gasteiger partial charge in [0.15, 0.2) is 12.1 Å². The van der Waals surface area contributed by atoms with Crippen molar-refractivity contribution >= 4 is 0 Å². The number of nitrogens with one attached hydrogen (secondary N) is 1. The maximum Gasteiger partial charge on any atom is 0.190 e. The van der Waals surface area contributed by atoms with Gasteiger partial charge < -0.3 is 29.2 Å². The van der Waals surface area contributed by atoms with Crippen LogP contribution in [0.25, 0.3) is 0 Å². The monoisotopic (exact) mass is 414 g/mol. The van der Waals surface area contributed by atoms with Crippen LogP contribution in [0.4, 0.5) is 0 Å². The fraction of sp³-hybridized carbons (Fsp3) is 1.00. The third-order valence-electron chi connectivity index (χ3n) is 5.70. The zero-order valence-corrected chi connectivity index (χ0v) is 19.6. The molecule has 6 heteroatoms. The molecule has 6 nitrogen and oxygen atoms in total. The third-order valence-corrected chi connectivity index (χ3v) is 5.70. The molecule has 4 atom stereocenters. The van der Waals surface area contributed by atoms with Crippen molar-refractivity contribution in [2.75, 3.05) is 40.3 Å². The van der Waals surface area contributed by atoms with Gasteiger partial charge in [0.1, 0.15) is 18.3 Å². The van der Waals surface area contributed by atoms with E-state index in [0.717, 1.165) is 39.1 Å². The molecule has 0 radical (unpaired) electrons. The first-order chi connectivity index (χ1) is 13.9. The minimum atomic E-state index is -0.598. The lowest BCUT2D eigenvalue weighted by atomic mass is 10.1. The molecule has 0 spiro atoms. The van der Waals surface area contributed by atoms with Crippen molar-refractivity contribution in [1.82, 2.24) is 10.2 Å². The molecule has 2 aliphatic heterocycles. The summed E-state index contributed by atoms with van der Waals surface area (Å²) in [5.74, 6) is -0.598. The molecule has 1 N–H and O–H groups in total. The van der Waals surface area contributed by atoms with Crippen LogP contribution < -0.4 is 5.32 Å². The summed E-state index contributed by atoms with van der Waals surface area (Å²) in [5, 5.41) is 3.51. The molecule has 0 bridgehead atoms. The van der Waals surface area contributed by atoms with Crippen molar-refractivity contribution in [2.45, 2.75) is 109 Å². The van der Waals surface area contributed by atoms with Crippen molar-refractivity contribution < 1.29 is 18.9 Å². The lowest BCUT2D eigenvalue weighted by molar-refractivity contribution is -0.217. The van der Waals surface area contributed by atoms with Crippen molar-refractivity contribution in [3.63, 3.8) is 0 Å². The van der Waals surface area contributed by atoms with Gasteiger partial charge in [-0.05, 0) is 53.9 Å². The molecule has 0 unspecified atom stereocenters. The van der Waals surface area contributed by atoms with Crippen molar-refractivity contribution in [1.29, 1.82) is 0 Å². The summed E-state index contributed by atoms with van der Waals surface area (Å²) in [5.41, 5.74) is 0. The topological polar surface area (TPSA) is 52.2 Å². The number of ether oxygens (including phenoxy) is 4. The largest absolute Gasteiger partial charge is 0.373 e. The lowest BCUT2D eigenvalue weighted by Crippen LogP contribution is -2.42. The quantitative estimate of drug-likeness (QED) is 0.386. The Kier molecular flexibility index (Phi) is 11.4. The maximum absolute atomic E-state index is 6.28. The fourth-order valence-corrected chi connectivity index (χ4v) is 4.13. The van der Waals surface area contributed by atoms with Gasteiger partial charge >= 0.3 is 0 Å².